The molecule has 134 valence electrons. The zero-order valence-corrected chi connectivity index (χ0v) is 15.1. The molecule has 2 aromatic rings. The Morgan fingerprint density at radius 1 is 1.12 bits per heavy atom. The molecule has 1 heterocycles. The Morgan fingerprint density at radius 3 is 2.52 bits per heavy atom. The van der Waals surface area contributed by atoms with Crippen LogP contribution in [0.2, 0.25) is 0 Å². The lowest BCUT2D eigenvalue weighted by atomic mass is 10.2. The third-order valence-corrected chi connectivity index (χ3v) is 5.15. The summed E-state index contributed by atoms with van der Waals surface area (Å²) in [5.41, 5.74) is 1.31. The van der Waals surface area contributed by atoms with Crippen molar-refractivity contribution in [3.8, 4) is 0 Å². The lowest BCUT2D eigenvalue weighted by Crippen LogP contribution is -2.25. The molecular weight excluding hydrogens is 338 g/mol. The minimum Gasteiger partial charge on any atom is -0.348 e. The van der Waals surface area contributed by atoms with Crippen LogP contribution in [0.25, 0.3) is 0 Å². The normalized spacial score (nSPS) is 11.2. The van der Waals surface area contributed by atoms with E-state index in [4.69, 9.17) is 0 Å². The molecule has 0 aliphatic rings. The first-order valence-electron chi connectivity index (χ1n) is 8.30. The highest BCUT2D eigenvalue weighted by Gasteiger charge is 2.14. The molecule has 6 nitrogen and oxygen atoms in total. The van der Waals surface area contributed by atoms with Gasteiger partial charge in [0.25, 0.3) is 5.91 Å². The zero-order chi connectivity index (χ0) is 18.1. The maximum Gasteiger partial charge on any atom is 0.251 e. The molecular formula is C18H23N3O3S. The molecule has 0 atom stereocenters. The molecule has 2 N–H and O–H groups in total. The molecule has 7 heteroatoms. The van der Waals surface area contributed by atoms with E-state index >= 15 is 0 Å². The minimum absolute atomic E-state index is 0.160. The number of nitrogens with zero attached hydrogens (tertiary/aromatic N) is 1. The number of carbonyl (C=O) groups is 1. The summed E-state index contributed by atoms with van der Waals surface area (Å²) < 4.78 is 26.9. The van der Waals surface area contributed by atoms with Crippen molar-refractivity contribution in [3.63, 3.8) is 0 Å². The molecule has 1 amide bonds. The van der Waals surface area contributed by atoms with Crippen LogP contribution in [0.3, 0.4) is 0 Å². The van der Waals surface area contributed by atoms with Gasteiger partial charge in [-0.25, -0.2) is 13.1 Å². The predicted molar refractivity (Wildman–Crippen MR) is 96.6 cm³/mol. The Hall–Kier alpha value is -2.25. The summed E-state index contributed by atoms with van der Waals surface area (Å²) in [6.07, 6.45) is 6.18. The minimum atomic E-state index is -3.53. The Kier molecular flexibility index (Phi) is 7.09. The summed E-state index contributed by atoms with van der Waals surface area (Å²) in [7, 11) is -3.53. The number of nitrogens with one attached hydrogen (secondary N) is 2. The van der Waals surface area contributed by atoms with E-state index in [1.165, 1.54) is 24.3 Å². The Morgan fingerprint density at radius 2 is 1.88 bits per heavy atom. The van der Waals surface area contributed by atoms with Gasteiger partial charge in [-0.15, -0.1) is 0 Å². The van der Waals surface area contributed by atoms with Gasteiger partial charge in [0.05, 0.1) is 4.90 Å². The van der Waals surface area contributed by atoms with Crippen molar-refractivity contribution in [3.05, 3.63) is 59.9 Å². The van der Waals surface area contributed by atoms with E-state index in [-0.39, 0.29) is 10.8 Å². The number of pyridine rings is 1. The topological polar surface area (TPSA) is 88.2 Å². The molecule has 0 fully saturated rings. The SMILES string of the molecule is CCCCCNS(=O)(=O)c1ccc(C(=O)NCc2cccnc2)cc1. The highest BCUT2D eigenvalue weighted by atomic mass is 32.2. The summed E-state index contributed by atoms with van der Waals surface area (Å²) in [6, 6.07) is 9.59. The molecule has 25 heavy (non-hydrogen) atoms. The number of amides is 1. The number of rotatable bonds is 9. The van der Waals surface area contributed by atoms with Crippen LogP contribution in [0.15, 0.2) is 53.7 Å². The average molecular weight is 361 g/mol. The van der Waals surface area contributed by atoms with E-state index < -0.39 is 10.0 Å². The van der Waals surface area contributed by atoms with Gasteiger partial charge in [0, 0.05) is 31.0 Å². The van der Waals surface area contributed by atoms with Gasteiger partial charge in [-0.05, 0) is 42.3 Å². The summed E-state index contributed by atoms with van der Waals surface area (Å²) in [5.74, 6) is -0.260. The Bertz CT molecular complexity index is 775. The molecule has 1 aromatic heterocycles. The second-order valence-corrected chi connectivity index (χ2v) is 7.44. The molecule has 0 saturated heterocycles. The Labute approximate surface area is 148 Å². The van der Waals surface area contributed by atoms with Crippen LogP contribution in [0.4, 0.5) is 0 Å². The average Bonchev–Trinajstić information content (AvgIpc) is 2.64. The summed E-state index contributed by atoms with van der Waals surface area (Å²) >= 11 is 0. The second-order valence-electron chi connectivity index (χ2n) is 5.67. The third-order valence-electron chi connectivity index (χ3n) is 3.68. The van der Waals surface area contributed by atoms with Crippen molar-refractivity contribution < 1.29 is 13.2 Å². The standard InChI is InChI=1S/C18H23N3O3S/c1-2-3-4-12-21-25(23,24)17-9-7-16(8-10-17)18(22)20-14-15-6-5-11-19-13-15/h5-11,13,21H,2-4,12,14H2,1H3,(H,20,22). The van der Waals surface area contributed by atoms with Crippen molar-refractivity contribution in [2.24, 2.45) is 0 Å². The molecule has 0 radical (unpaired) electrons. The van der Waals surface area contributed by atoms with Gasteiger partial charge in [0.2, 0.25) is 10.0 Å². The van der Waals surface area contributed by atoms with Crippen molar-refractivity contribution in [2.45, 2.75) is 37.6 Å². The molecule has 2 rings (SSSR count). The fourth-order valence-electron chi connectivity index (χ4n) is 2.24. The monoisotopic (exact) mass is 361 g/mol. The van der Waals surface area contributed by atoms with Gasteiger partial charge >= 0.3 is 0 Å². The molecule has 0 unspecified atom stereocenters. The van der Waals surface area contributed by atoms with Gasteiger partial charge in [-0.1, -0.05) is 25.8 Å². The van der Waals surface area contributed by atoms with Crippen LogP contribution in [0.1, 0.15) is 42.1 Å². The van der Waals surface area contributed by atoms with Crippen LogP contribution < -0.4 is 10.0 Å². The van der Waals surface area contributed by atoms with Crippen molar-refractivity contribution in [1.82, 2.24) is 15.0 Å². The fraction of sp³-hybridized carbons (Fsp3) is 0.333. The van der Waals surface area contributed by atoms with E-state index in [1.54, 1.807) is 18.5 Å². The van der Waals surface area contributed by atoms with E-state index in [0.29, 0.717) is 18.7 Å². The van der Waals surface area contributed by atoms with Crippen molar-refractivity contribution in [2.75, 3.05) is 6.54 Å². The maximum atomic E-state index is 12.2. The number of aromatic nitrogens is 1. The molecule has 0 saturated carbocycles. The summed E-state index contributed by atoms with van der Waals surface area (Å²) in [5, 5.41) is 2.78. The highest BCUT2D eigenvalue weighted by molar-refractivity contribution is 7.89. The van der Waals surface area contributed by atoms with Gasteiger partial charge in [0.1, 0.15) is 0 Å². The smallest absolute Gasteiger partial charge is 0.251 e. The maximum absolute atomic E-state index is 12.2. The lowest BCUT2D eigenvalue weighted by molar-refractivity contribution is 0.0951. The van der Waals surface area contributed by atoms with Gasteiger partial charge in [-0.2, -0.15) is 0 Å². The molecule has 0 aliphatic carbocycles. The number of sulfonamides is 1. The third kappa shape index (κ3) is 5.95. The molecule has 1 aromatic carbocycles. The van der Waals surface area contributed by atoms with E-state index in [2.05, 4.69) is 21.9 Å². The Balaban J connectivity index is 1.93. The number of carbonyl (C=O) groups excluding carboxylic acids is 1. The number of hydrogen-bond acceptors (Lipinski definition) is 4. The molecule has 0 spiro atoms. The van der Waals surface area contributed by atoms with Gasteiger partial charge in [-0.3, -0.25) is 9.78 Å². The molecule has 0 aliphatic heterocycles. The van der Waals surface area contributed by atoms with Crippen LogP contribution in [0, 0.1) is 0 Å². The summed E-state index contributed by atoms with van der Waals surface area (Å²) in [6.45, 7) is 2.85. The second kappa shape index (κ2) is 9.29. The van der Waals surface area contributed by atoms with E-state index in [0.717, 1.165) is 24.8 Å². The number of hydrogen-bond donors (Lipinski definition) is 2. The first kappa shape index (κ1) is 19.1. The quantitative estimate of drug-likeness (QED) is 0.672. The van der Waals surface area contributed by atoms with Crippen LogP contribution in [0.5, 0.6) is 0 Å². The fourth-order valence-corrected chi connectivity index (χ4v) is 3.31. The predicted octanol–water partition coefficient (Wildman–Crippen LogP) is 2.48. The first-order valence-corrected chi connectivity index (χ1v) is 9.78. The number of unbranched alkanes of at least 4 members (excludes halogenated alkanes) is 2. The van der Waals surface area contributed by atoms with Gasteiger partial charge < -0.3 is 5.32 Å². The van der Waals surface area contributed by atoms with Crippen molar-refractivity contribution in [1.29, 1.82) is 0 Å². The molecule has 0 bridgehead atoms. The lowest BCUT2D eigenvalue weighted by Gasteiger charge is -2.08. The largest absolute Gasteiger partial charge is 0.348 e. The van der Waals surface area contributed by atoms with Crippen molar-refractivity contribution >= 4 is 15.9 Å². The first-order chi connectivity index (χ1) is 12.0. The van der Waals surface area contributed by atoms with Gasteiger partial charge in [0.15, 0.2) is 0 Å². The number of benzene rings is 1. The highest BCUT2D eigenvalue weighted by Crippen LogP contribution is 2.11. The van der Waals surface area contributed by atoms with Crippen LogP contribution >= 0.6 is 0 Å². The van der Waals surface area contributed by atoms with Crippen LogP contribution in [-0.4, -0.2) is 25.9 Å². The van der Waals surface area contributed by atoms with E-state index in [1.807, 2.05) is 6.07 Å². The summed E-state index contributed by atoms with van der Waals surface area (Å²) in [4.78, 5) is 16.3. The zero-order valence-electron chi connectivity index (χ0n) is 14.2. The van der Waals surface area contributed by atoms with E-state index in [9.17, 15) is 13.2 Å². The van der Waals surface area contributed by atoms with Crippen LogP contribution in [-0.2, 0) is 16.6 Å².